The molecule has 3 amide bonds. The molecule has 0 aromatic carbocycles. The van der Waals surface area contributed by atoms with E-state index in [1.807, 2.05) is 0 Å². The Morgan fingerprint density at radius 1 is 1.13 bits per heavy atom. The standard InChI is InChI=1S/C9H14N2O4/c10-9(15)11(7(12)8(13)14)6-4-2-1-3-5-6/h6H,1-5H2,(H2,10,15)(H,13,14). The zero-order valence-electron chi connectivity index (χ0n) is 8.31. The number of carbonyl (C=O) groups is 3. The lowest BCUT2D eigenvalue weighted by Crippen LogP contribution is -2.50. The van der Waals surface area contributed by atoms with E-state index < -0.39 is 17.9 Å². The van der Waals surface area contributed by atoms with Crippen LogP contribution in [0.2, 0.25) is 0 Å². The topological polar surface area (TPSA) is 101 Å². The average molecular weight is 214 g/mol. The molecule has 0 aliphatic heterocycles. The fraction of sp³-hybridized carbons (Fsp3) is 0.667. The maximum atomic E-state index is 11.2. The molecule has 0 bridgehead atoms. The predicted molar refractivity (Wildman–Crippen MR) is 50.9 cm³/mol. The second-order valence-electron chi connectivity index (χ2n) is 3.61. The molecule has 6 nitrogen and oxygen atoms in total. The van der Waals surface area contributed by atoms with Gasteiger partial charge >= 0.3 is 17.9 Å². The number of amides is 3. The number of nitrogens with two attached hydrogens (primary N) is 1. The molecular weight excluding hydrogens is 200 g/mol. The molecule has 84 valence electrons. The van der Waals surface area contributed by atoms with Gasteiger partial charge in [0.2, 0.25) is 0 Å². The smallest absolute Gasteiger partial charge is 0.395 e. The van der Waals surface area contributed by atoms with E-state index in [9.17, 15) is 14.4 Å². The SMILES string of the molecule is NC(=O)N(C(=O)C(=O)O)C1CCCCC1. The summed E-state index contributed by atoms with van der Waals surface area (Å²) in [6.45, 7) is 0. The summed E-state index contributed by atoms with van der Waals surface area (Å²) in [6.07, 6.45) is 4.11. The Morgan fingerprint density at radius 3 is 2.07 bits per heavy atom. The summed E-state index contributed by atoms with van der Waals surface area (Å²) in [5, 5.41) is 8.53. The molecule has 1 fully saturated rings. The normalized spacial score (nSPS) is 17.1. The number of rotatable bonds is 1. The lowest BCUT2D eigenvalue weighted by molar-refractivity contribution is -0.155. The first kappa shape index (κ1) is 11.5. The van der Waals surface area contributed by atoms with Crippen molar-refractivity contribution in [2.75, 3.05) is 0 Å². The number of aliphatic carboxylic acids is 1. The summed E-state index contributed by atoms with van der Waals surface area (Å²) in [5.41, 5.74) is 5.01. The van der Waals surface area contributed by atoms with Crippen molar-refractivity contribution in [3.8, 4) is 0 Å². The Bertz CT molecular complexity index is 284. The highest BCUT2D eigenvalue weighted by molar-refractivity contribution is 6.34. The number of nitrogens with zero attached hydrogens (tertiary/aromatic N) is 1. The van der Waals surface area contributed by atoms with Crippen LogP contribution in [-0.4, -0.2) is 34.0 Å². The fourth-order valence-electron chi connectivity index (χ4n) is 1.89. The summed E-state index contributed by atoms with van der Waals surface area (Å²) in [7, 11) is 0. The molecule has 0 aromatic rings. The van der Waals surface area contributed by atoms with Gasteiger partial charge in [0.1, 0.15) is 0 Å². The van der Waals surface area contributed by atoms with Crippen molar-refractivity contribution in [2.45, 2.75) is 38.1 Å². The van der Waals surface area contributed by atoms with E-state index in [1.54, 1.807) is 0 Å². The molecule has 0 spiro atoms. The minimum absolute atomic E-state index is 0.347. The van der Waals surface area contributed by atoms with Gasteiger partial charge in [-0.3, -0.25) is 9.69 Å². The summed E-state index contributed by atoms with van der Waals surface area (Å²) < 4.78 is 0. The molecule has 1 aliphatic carbocycles. The Hall–Kier alpha value is -1.59. The molecule has 0 atom stereocenters. The minimum Gasteiger partial charge on any atom is -0.474 e. The van der Waals surface area contributed by atoms with Gasteiger partial charge in [-0.2, -0.15) is 0 Å². The van der Waals surface area contributed by atoms with Crippen molar-refractivity contribution in [3.63, 3.8) is 0 Å². The molecule has 1 rings (SSSR count). The van der Waals surface area contributed by atoms with Crippen LogP contribution in [0, 0.1) is 0 Å². The van der Waals surface area contributed by atoms with Gasteiger partial charge in [0.05, 0.1) is 0 Å². The number of carboxylic acids is 1. The highest BCUT2D eigenvalue weighted by Crippen LogP contribution is 2.22. The first-order valence-corrected chi connectivity index (χ1v) is 4.90. The zero-order chi connectivity index (χ0) is 11.4. The molecule has 3 N–H and O–H groups in total. The van der Waals surface area contributed by atoms with E-state index in [0.717, 1.165) is 19.3 Å². The molecule has 0 unspecified atom stereocenters. The second kappa shape index (κ2) is 4.77. The van der Waals surface area contributed by atoms with Crippen molar-refractivity contribution in [2.24, 2.45) is 5.73 Å². The molecule has 0 radical (unpaired) electrons. The lowest BCUT2D eigenvalue weighted by Gasteiger charge is -2.30. The van der Waals surface area contributed by atoms with Crippen LogP contribution >= 0.6 is 0 Å². The van der Waals surface area contributed by atoms with E-state index in [4.69, 9.17) is 10.8 Å². The summed E-state index contributed by atoms with van der Waals surface area (Å²) in [6, 6.07) is -1.32. The molecule has 1 saturated carbocycles. The maximum Gasteiger partial charge on any atom is 0.395 e. The predicted octanol–water partition coefficient (Wildman–Crippen LogP) is 0.311. The molecule has 6 heteroatoms. The number of hydrogen-bond acceptors (Lipinski definition) is 3. The third kappa shape index (κ3) is 2.68. The van der Waals surface area contributed by atoms with Crippen LogP contribution < -0.4 is 5.73 Å². The van der Waals surface area contributed by atoms with E-state index in [0.29, 0.717) is 17.7 Å². The van der Waals surface area contributed by atoms with Crippen LogP contribution in [-0.2, 0) is 9.59 Å². The third-order valence-corrected chi connectivity index (χ3v) is 2.58. The minimum atomic E-state index is -1.64. The largest absolute Gasteiger partial charge is 0.474 e. The Morgan fingerprint density at radius 2 is 1.67 bits per heavy atom. The van der Waals surface area contributed by atoms with Crippen molar-refractivity contribution in [1.82, 2.24) is 4.90 Å². The van der Waals surface area contributed by atoms with Crippen molar-refractivity contribution in [3.05, 3.63) is 0 Å². The van der Waals surface area contributed by atoms with E-state index in [2.05, 4.69) is 0 Å². The van der Waals surface area contributed by atoms with Crippen LogP contribution in [0.25, 0.3) is 0 Å². The highest BCUT2D eigenvalue weighted by atomic mass is 16.4. The van der Waals surface area contributed by atoms with E-state index >= 15 is 0 Å². The number of carboxylic acid groups (broad SMARTS) is 1. The van der Waals surface area contributed by atoms with Gasteiger partial charge in [-0.1, -0.05) is 19.3 Å². The van der Waals surface area contributed by atoms with Gasteiger partial charge < -0.3 is 10.8 Å². The van der Waals surface area contributed by atoms with Crippen LogP contribution in [0.1, 0.15) is 32.1 Å². The van der Waals surface area contributed by atoms with Gasteiger partial charge in [-0.15, -0.1) is 0 Å². The third-order valence-electron chi connectivity index (χ3n) is 2.58. The number of urea groups is 1. The Balaban J connectivity index is 2.76. The van der Waals surface area contributed by atoms with Crippen LogP contribution in [0.3, 0.4) is 0 Å². The second-order valence-corrected chi connectivity index (χ2v) is 3.61. The highest BCUT2D eigenvalue weighted by Gasteiger charge is 2.32. The number of carbonyl (C=O) groups excluding carboxylic acids is 2. The quantitative estimate of drug-likeness (QED) is 0.613. The van der Waals surface area contributed by atoms with Crippen LogP contribution in [0.4, 0.5) is 4.79 Å². The fourth-order valence-corrected chi connectivity index (χ4v) is 1.89. The van der Waals surface area contributed by atoms with Crippen LogP contribution in [0.5, 0.6) is 0 Å². The Labute approximate surface area is 87.0 Å². The molecule has 0 heterocycles. The number of hydrogen-bond donors (Lipinski definition) is 2. The average Bonchev–Trinajstić information content (AvgIpc) is 2.18. The van der Waals surface area contributed by atoms with Crippen molar-refractivity contribution >= 4 is 17.9 Å². The zero-order valence-corrected chi connectivity index (χ0v) is 8.31. The molecule has 15 heavy (non-hydrogen) atoms. The van der Waals surface area contributed by atoms with Gasteiger partial charge in [-0.25, -0.2) is 9.59 Å². The first-order chi connectivity index (χ1) is 7.04. The van der Waals surface area contributed by atoms with Gasteiger partial charge in [0.25, 0.3) is 0 Å². The number of primary amides is 1. The summed E-state index contributed by atoms with van der Waals surface area (Å²) in [4.78, 5) is 33.4. The van der Waals surface area contributed by atoms with Crippen molar-refractivity contribution in [1.29, 1.82) is 0 Å². The summed E-state index contributed by atoms with van der Waals surface area (Å²) >= 11 is 0. The van der Waals surface area contributed by atoms with Gasteiger partial charge in [0.15, 0.2) is 0 Å². The first-order valence-electron chi connectivity index (χ1n) is 4.90. The van der Waals surface area contributed by atoms with Gasteiger partial charge in [0, 0.05) is 6.04 Å². The Kier molecular flexibility index (Phi) is 3.65. The summed E-state index contributed by atoms with van der Waals surface area (Å²) in [5.74, 6) is -2.87. The van der Waals surface area contributed by atoms with Crippen LogP contribution in [0.15, 0.2) is 0 Å². The number of imide groups is 1. The molecule has 0 aromatic heterocycles. The van der Waals surface area contributed by atoms with Crippen molar-refractivity contribution < 1.29 is 19.5 Å². The lowest BCUT2D eigenvalue weighted by atomic mass is 9.94. The van der Waals surface area contributed by atoms with E-state index in [-0.39, 0.29) is 6.04 Å². The molecular formula is C9H14N2O4. The van der Waals surface area contributed by atoms with Gasteiger partial charge in [-0.05, 0) is 12.8 Å². The molecule has 1 aliphatic rings. The van der Waals surface area contributed by atoms with E-state index in [1.165, 1.54) is 0 Å². The molecule has 0 saturated heterocycles. The maximum absolute atomic E-state index is 11.2. The monoisotopic (exact) mass is 214 g/mol.